The number of amides is 1. The summed E-state index contributed by atoms with van der Waals surface area (Å²) in [6.45, 7) is 3.44. The van der Waals surface area contributed by atoms with Crippen molar-refractivity contribution in [2.24, 2.45) is 0 Å². The Morgan fingerprint density at radius 3 is 3.04 bits per heavy atom. The summed E-state index contributed by atoms with van der Waals surface area (Å²) in [6.07, 6.45) is 0.800. The Morgan fingerprint density at radius 2 is 2.19 bits per heavy atom. The molecule has 0 unspecified atom stereocenters. The van der Waals surface area contributed by atoms with E-state index in [1.54, 1.807) is 43.6 Å². The topological polar surface area (TPSA) is 91.2 Å². The van der Waals surface area contributed by atoms with Gasteiger partial charge in [0, 0.05) is 17.6 Å². The first kappa shape index (κ1) is 16.4. The zero-order valence-corrected chi connectivity index (χ0v) is 14.8. The molecule has 4 rings (SSSR count). The van der Waals surface area contributed by atoms with Crippen LogP contribution >= 0.6 is 11.3 Å². The van der Waals surface area contributed by atoms with Gasteiger partial charge in [0.1, 0.15) is 11.4 Å². The fraction of sp³-hybridized carbons (Fsp3) is 0.235. The molecular weight excluding hydrogens is 358 g/mol. The van der Waals surface area contributed by atoms with Gasteiger partial charge in [-0.2, -0.15) is 0 Å². The van der Waals surface area contributed by atoms with Gasteiger partial charge in [-0.1, -0.05) is 0 Å². The van der Waals surface area contributed by atoms with Gasteiger partial charge in [0.2, 0.25) is 6.79 Å². The number of anilines is 1. The lowest BCUT2D eigenvalue weighted by Gasteiger charge is -2.15. The molecule has 1 aliphatic rings. The number of ether oxygens (including phenoxy) is 3. The molecule has 3 heterocycles. The number of carbonyl (C=O) groups is 1. The fourth-order valence-corrected chi connectivity index (χ4v) is 3.31. The smallest absolute Gasteiger partial charge is 0.282 e. The van der Waals surface area contributed by atoms with Crippen molar-refractivity contribution in [2.75, 3.05) is 12.1 Å². The van der Waals surface area contributed by atoms with Crippen LogP contribution in [0.15, 0.2) is 34.6 Å². The van der Waals surface area contributed by atoms with Gasteiger partial charge in [0.25, 0.3) is 11.5 Å². The van der Waals surface area contributed by atoms with E-state index in [1.165, 1.54) is 15.7 Å². The molecule has 1 aliphatic heterocycles. The molecular formula is C17H15N3O5S. The number of carbonyl (C=O) groups excluding carboxylic acids is 1. The lowest BCUT2D eigenvalue weighted by Crippen LogP contribution is -2.33. The molecule has 26 heavy (non-hydrogen) atoms. The first-order valence-corrected chi connectivity index (χ1v) is 8.74. The normalized spacial score (nSPS) is 13.6. The number of aromatic nitrogens is 2. The summed E-state index contributed by atoms with van der Waals surface area (Å²) >= 11 is 1.35. The minimum Gasteiger partial charge on any atom is -0.481 e. The number of hydrogen-bond acceptors (Lipinski definition) is 7. The van der Waals surface area contributed by atoms with Gasteiger partial charge in [-0.05, 0) is 26.0 Å². The molecule has 3 aromatic rings. The molecule has 134 valence electrons. The molecule has 1 amide bonds. The number of hydrogen-bond donors (Lipinski definition) is 1. The van der Waals surface area contributed by atoms with E-state index >= 15 is 0 Å². The quantitative estimate of drug-likeness (QED) is 0.754. The Morgan fingerprint density at radius 1 is 1.38 bits per heavy atom. The van der Waals surface area contributed by atoms with Gasteiger partial charge in [0.05, 0.1) is 5.69 Å². The van der Waals surface area contributed by atoms with E-state index in [0.717, 1.165) is 0 Å². The molecule has 1 aromatic carbocycles. The van der Waals surface area contributed by atoms with E-state index in [0.29, 0.717) is 27.9 Å². The minimum absolute atomic E-state index is 0.145. The molecule has 0 bridgehead atoms. The number of thiazole rings is 1. The van der Waals surface area contributed by atoms with Gasteiger partial charge >= 0.3 is 0 Å². The van der Waals surface area contributed by atoms with Crippen molar-refractivity contribution in [2.45, 2.75) is 20.0 Å². The second-order valence-electron chi connectivity index (χ2n) is 5.70. The summed E-state index contributed by atoms with van der Waals surface area (Å²) in [5, 5.41) is 4.39. The predicted molar refractivity (Wildman–Crippen MR) is 95.4 cm³/mol. The molecule has 0 radical (unpaired) electrons. The van der Waals surface area contributed by atoms with E-state index in [9.17, 15) is 9.59 Å². The van der Waals surface area contributed by atoms with Crippen LogP contribution in [0.4, 0.5) is 5.69 Å². The minimum atomic E-state index is -0.822. The summed E-state index contributed by atoms with van der Waals surface area (Å²) in [6, 6.07) is 5.06. The summed E-state index contributed by atoms with van der Waals surface area (Å²) in [4.78, 5) is 29.9. The van der Waals surface area contributed by atoms with E-state index in [1.807, 2.05) is 0 Å². The van der Waals surface area contributed by atoms with Crippen molar-refractivity contribution in [3.8, 4) is 17.2 Å². The van der Waals surface area contributed by atoms with Gasteiger partial charge in [-0.15, -0.1) is 11.3 Å². The average molecular weight is 373 g/mol. The van der Waals surface area contributed by atoms with E-state index in [-0.39, 0.29) is 18.0 Å². The van der Waals surface area contributed by atoms with Crippen molar-refractivity contribution in [1.82, 2.24) is 9.38 Å². The number of nitrogens with one attached hydrogen (secondary N) is 1. The second kappa shape index (κ2) is 6.34. The molecule has 0 aliphatic carbocycles. The Kier molecular flexibility index (Phi) is 4.00. The van der Waals surface area contributed by atoms with Crippen LogP contribution in [-0.4, -0.2) is 28.2 Å². The van der Waals surface area contributed by atoms with Crippen LogP contribution in [0.5, 0.6) is 17.2 Å². The Hall–Kier alpha value is -3.07. The highest BCUT2D eigenvalue weighted by Crippen LogP contribution is 2.35. The van der Waals surface area contributed by atoms with Crippen molar-refractivity contribution in [3.05, 3.63) is 45.8 Å². The summed E-state index contributed by atoms with van der Waals surface area (Å²) in [7, 11) is 0. The fourth-order valence-electron chi connectivity index (χ4n) is 2.56. The largest absolute Gasteiger partial charge is 0.481 e. The van der Waals surface area contributed by atoms with Crippen LogP contribution in [0.1, 0.15) is 12.6 Å². The Labute approximate surface area is 152 Å². The maximum absolute atomic E-state index is 12.5. The van der Waals surface area contributed by atoms with Crippen LogP contribution in [0.2, 0.25) is 0 Å². The molecule has 9 heteroatoms. The van der Waals surface area contributed by atoms with Crippen molar-refractivity contribution < 1.29 is 19.0 Å². The zero-order chi connectivity index (χ0) is 18.3. The van der Waals surface area contributed by atoms with Crippen LogP contribution in [0, 0.1) is 6.92 Å². The Bertz CT molecular complexity index is 1060. The molecule has 0 fully saturated rings. The van der Waals surface area contributed by atoms with Crippen molar-refractivity contribution >= 4 is 27.9 Å². The number of rotatable bonds is 4. The SMILES string of the molecule is Cc1nc2sccn2c(=O)c1NC(=O)[C@H](C)Oc1ccc2c(c1)OCO2. The van der Waals surface area contributed by atoms with Crippen LogP contribution in [0.3, 0.4) is 0 Å². The number of aryl methyl sites for hydroxylation is 1. The second-order valence-corrected chi connectivity index (χ2v) is 6.57. The highest BCUT2D eigenvalue weighted by molar-refractivity contribution is 7.15. The standard InChI is InChI=1S/C17H15N3O5S/c1-9-14(16(22)20-5-6-26-17(20)18-9)19-15(21)10(2)25-11-3-4-12-13(7-11)24-8-23-12/h3-7,10H,8H2,1-2H3,(H,19,21)/t10-/m0/s1. The molecule has 1 N–H and O–H groups in total. The monoisotopic (exact) mass is 373 g/mol. The first-order valence-electron chi connectivity index (χ1n) is 7.86. The maximum atomic E-state index is 12.5. The molecule has 8 nitrogen and oxygen atoms in total. The van der Waals surface area contributed by atoms with E-state index in [4.69, 9.17) is 14.2 Å². The van der Waals surface area contributed by atoms with Crippen LogP contribution < -0.4 is 25.1 Å². The zero-order valence-electron chi connectivity index (χ0n) is 14.0. The molecule has 0 saturated carbocycles. The Balaban J connectivity index is 1.52. The lowest BCUT2D eigenvalue weighted by molar-refractivity contribution is -0.122. The third kappa shape index (κ3) is 2.86. The van der Waals surface area contributed by atoms with Crippen molar-refractivity contribution in [1.29, 1.82) is 0 Å². The van der Waals surface area contributed by atoms with Gasteiger partial charge in [0.15, 0.2) is 22.6 Å². The summed E-state index contributed by atoms with van der Waals surface area (Å²) in [5.41, 5.74) is 0.283. The summed E-state index contributed by atoms with van der Waals surface area (Å²) < 4.78 is 17.6. The molecule has 0 saturated heterocycles. The molecule has 0 spiro atoms. The number of fused-ring (bicyclic) bond motifs is 2. The lowest BCUT2D eigenvalue weighted by atomic mass is 10.3. The van der Waals surface area contributed by atoms with E-state index in [2.05, 4.69) is 10.3 Å². The average Bonchev–Trinajstić information content (AvgIpc) is 3.26. The van der Waals surface area contributed by atoms with Gasteiger partial charge in [-0.25, -0.2) is 4.98 Å². The van der Waals surface area contributed by atoms with Crippen LogP contribution in [0.25, 0.3) is 4.96 Å². The highest BCUT2D eigenvalue weighted by Gasteiger charge is 2.21. The predicted octanol–water partition coefficient (Wildman–Crippen LogP) is 2.20. The molecule has 1 atom stereocenters. The number of nitrogens with zero attached hydrogens (tertiary/aromatic N) is 2. The van der Waals surface area contributed by atoms with E-state index < -0.39 is 12.0 Å². The van der Waals surface area contributed by atoms with Crippen LogP contribution in [-0.2, 0) is 4.79 Å². The van der Waals surface area contributed by atoms with Gasteiger partial charge in [-0.3, -0.25) is 14.0 Å². The highest BCUT2D eigenvalue weighted by atomic mass is 32.1. The first-order chi connectivity index (χ1) is 12.5. The maximum Gasteiger partial charge on any atom is 0.282 e. The molecule has 2 aromatic heterocycles. The third-order valence-corrected chi connectivity index (χ3v) is 4.68. The van der Waals surface area contributed by atoms with Gasteiger partial charge < -0.3 is 19.5 Å². The third-order valence-electron chi connectivity index (χ3n) is 3.92. The summed E-state index contributed by atoms with van der Waals surface area (Å²) in [5.74, 6) is 1.22. The number of benzene rings is 1. The van der Waals surface area contributed by atoms with Crippen molar-refractivity contribution in [3.63, 3.8) is 0 Å².